The van der Waals surface area contributed by atoms with Crippen molar-refractivity contribution in [3.63, 3.8) is 0 Å². The molecule has 2 heterocycles. The van der Waals surface area contributed by atoms with Crippen molar-refractivity contribution < 1.29 is 22.4 Å². The van der Waals surface area contributed by atoms with Gasteiger partial charge in [-0.1, -0.05) is 43.2 Å². The molecule has 10 heteroatoms. The van der Waals surface area contributed by atoms with Gasteiger partial charge < -0.3 is 9.73 Å². The van der Waals surface area contributed by atoms with Crippen LogP contribution in [0, 0.1) is 0 Å². The van der Waals surface area contributed by atoms with Crippen molar-refractivity contribution in [3.8, 4) is 11.6 Å². The molecule has 32 heavy (non-hydrogen) atoms. The standard InChI is InChI=1S/C22H23F3N4O2S/c1-14(20(30)26-17-11-6-5-10-16(17)22(23,24)25)32-21-28-27-19(18-12-7-13-31-18)29(21)15-8-3-2-4-9-15/h5-7,10-15H,2-4,8-9H2,1H3,(H,26,30). The average Bonchev–Trinajstić information content (AvgIpc) is 3.44. The third-order valence-corrected chi connectivity index (χ3v) is 6.54. The number of carbonyl (C=O) groups excluding carboxylic acids is 1. The number of halogens is 3. The first kappa shape index (κ1) is 22.4. The van der Waals surface area contributed by atoms with Crippen LogP contribution in [0.4, 0.5) is 18.9 Å². The number of furan rings is 1. The minimum atomic E-state index is -4.56. The van der Waals surface area contributed by atoms with Crippen molar-refractivity contribution in [2.45, 2.75) is 61.7 Å². The molecule has 0 spiro atoms. The summed E-state index contributed by atoms with van der Waals surface area (Å²) in [4.78, 5) is 12.7. The smallest absolute Gasteiger partial charge is 0.418 e. The number of hydrogen-bond donors (Lipinski definition) is 1. The molecule has 1 aliphatic rings. The van der Waals surface area contributed by atoms with Gasteiger partial charge in [-0.25, -0.2) is 0 Å². The maximum atomic E-state index is 13.3. The first-order valence-electron chi connectivity index (χ1n) is 10.5. The second-order valence-corrected chi connectivity index (χ2v) is 9.05. The Balaban J connectivity index is 1.56. The second kappa shape index (κ2) is 9.40. The number of benzene rings is 1. The van der Waals surface area contributed by atoms with E-state index in [0.717, 1.165) is 31.7 Å². The Morgan fingerprint density at radius 2 is 1.91 bits per heavy atom. The molecule has 1 atom stereocenters. The topological polar surface area (TPSA) is 73.0 Å². The van der Waals surface area contributed by atoms with Gasteiger partial charge in [0.25, 0.3) is 0 Å². The van der Waals surface area contributed by atoms with Gasteiger partial charge in [-0.2, -0.15) is 13.2 Å². The van der Waals surface area contributed by atoms with Gasteiger partial charge in [0, 0.05) is 6.04 Å². The first-order chi connectivity index (χ1) is 15.3. The van der Waals surface area contributed by atoms with E-state index in [-0.39, 0.29) is 11.7 Å². The highest BCUT2D eigenvalue weighted by molar-refractivity contribution is 8.00. The third-order valence-electron chi connectivity index (χ3n) is 5.49. The molecule has 170 valence electrons. The van der Waals surface area contributed by atoms with E-state index >= 15 is 0 Å². The van der Waals surface area contributed by atoms with Gasteiger partial charge in [0.1, 0.15) is 0 Å². The first-order valence-corrected chi connectivity index (χ1v) is 11.3. The van der Waals surface area contributed by atoms with E-state index in [1.165, 1.54) is 36.4 Å². The van der Waals surface area contributed by atoms with Crippen LogP contribution in [-0.4, -0.2) is 25.9 Å². The normalized spacial score (nSPS) is 16.1. The molecular weight excluding hydrogens is 441 g/mol. The Hall–Kier alpha value is -2.75. The van der Waals surface area contributed by atoms with Crippen LogP contribution in [0.5, 0.6) is 0 Å². The van der Waals surface area contributed by atoms with Gasteiger partial charge in [0.15, 0.2) is 10.9 Å². The molecule has 2 aromatic heterocycles. The molecule has 0 bridgehead atoms. The van der Waals surface area contributed by atoms with Gasteiger partial charge >= 0.3 is 6.18 Å². The molecule has 0 aliphatic heterocycles. The maximum absolute atomic E-state index is 13.3. The molecule has 1 fully saturated rings. The zero-order chi connectivity index (χ0) is 22.7. The van der Waals surface area contributed by atoms with Gasteiger partial charge in [0.05, 0.1) is 22.8 Å². The van der Waals surface area contributed by atoms with Crippen molar-refractivity contribution in [2.75, 3.05) is 5.32 Å². The van der Waals surface area contributed by atoms with Crippen molar-refractivity contribution in [1.82, 2.24) is 14.8 Å². The van der Waals surface area contributed by atoms with Gasteiger partial charge in [-0.15, -0.1) is 10.2 Å². The molecule has 1 aromatic carbocycles. The molecule has 1 N–H and O–H groups in total. The molecule has 3 aromatic rings. The fourth-order valence-electron chi connectivity index (χ4n) is 3.88. The van der Waals surface area contributed by atoms with Crippen LogP contribution in [0.15, 0.2) is 52.2 Å². The SMILES string of the molecule is CC(Sc1nnc(-c2ccco2)n1C1CCCCC1)C(=O)Nc1ccccc1C(F)(F)F. The van der Waals surface area contributed by atoms with E-state index in [4.69, 9.17) is 4.42 Å². The van der Waals surface area contributed by atoms with Crippen molar-refractivity contribution in [3.05, 3.63) is 48.2 Å². The lowest BCUT2D eigenvalue weighted by atomic mass is 9.95. The van der Waals surface area contributed by atoms with Crippen LogP contribution in [0.3, 0.4) is 0 Å². The number of anilines is 1. The van der Waals surface area contributed by atoms with Gasteiger partial charge in [0.2, 0.25) is 11.7 Å². The summed E-state index contributed by atoms with van der Waals surface area (Å²) in [5.74, 6) is 0.648. The van der Waals surface area contributed by atoms with E-state index < -0.39 is 22.9 Å². The minimum Gasteiger partial charge on any atom is -0.461 e. The number of nitrogens with one attached hydrogen (secondary N) is 1. The van der Waals surface area contributed by atoms with E-state index in [0.29, 0.717) is 16.7 Å². The molecule has 4 rings (SSSR count). The fraction of sp³-hybridized carbons (Fsp3) is 0.409. The summed E-state index contributed by atoms with van der Waals surface area (Å²) in [5.41, 5.74) is -1.14. The number of carbonyl (C=O) groups is 1. The number of thioether (sulfide) groups is 1. The van der Waals surface area contributed by atoms with E-state index in [9.17, 15) is 18.0 Å². The van der Waals surface area contributed by atoms with Crippen LogP contribution in [0.2, 0.25) is 0 Å². The summed E-state index contributed by atoms with van der Waals surface area (Å²) in [7, 11) is 0. The summed E-state index contributed by atoms with van der Waals surface area (Å²) in [5, 5.41) is 10.9. The highest BCUT2D eigenvalue weighted by atomic mass is 32.2. The Bertz CT molecular complexity index is 1060. The molecule has 1 aliphatic carbocycles. The molecule has 1 saturated carbocycles. The highest BCUT2D eigenvalue weighted by Gasteiger charge is 2.34. The molecule has 6 nitrogen and oxygen atoms in total. The largest absolute Gasteiger partial charge is 0.461 e. The fourth-order valence-corrected chi connectivity index (χ4v) is 4.80. The summed E-state index contributed by atoms with van der Waals surface area (Å²) < 4.78 is 47.3. The summed E-state index contributed by atoms with van der Waals surface area (Å²) >= 11 is 1.18. The van der Waals surface area contributed by atoms with Crippen molar-refractivity contribution in [2.24, 2.45) is 0 Å². The summed E-state index contributed by atoms with van der Waals surface area (Å²) in [6.45, 7) is 1.64. The lowest BCUT2D eigenvalue weighted by molar-refractivity contribution is -0.137. The molecule has 1 amide bonds. The number of rotatable bonds is 6. The Morgan fingerprint density at radius 1 is 1.16 bits per heavy atom. The minimum absolute atomic E-state index is 0.183. The lowest BCUT2D eigenvalue weighted by Gasteiger charge is -2.25. The molecule has 0 saturated heterocycles. The number of nitrogens with zero attached hydrogens (tertiary/aromatic N) is 3. The van der Waals surface area contributed by atoms with Crippen LogP contribution < -0.4 is 5.32 Å². The lowest BCUT2D eigenvalue weighted by Crippen LogP contribution is -2.25. The maximum Gasteiger partial charge on any atom is 0.418 e. The monoisotopic (exact) mass is 464 g/mol. The van der Waals surface area contributed by atoms with Crippen LogP contribution in [-0.2, 0) is 11.0 Å². The molecular formula is C22H23F3N4O2S. The summed E-state index contributed by atoms with van der Waals surface area (Å²) in [6, 6.07) is 8.71. The highest BCUT2D eigenvalue weighted by Crippen LogP contribution is 2.38. The quantitative estimate of drug-likeness (QED) is 0.441. The second-order valence-electron chi connectivity index (χ2n) is 7.74. The Kier molecular flexibility index (Phi) is 6.59. The van der Waals surface area contributed by atoms with Crippen LogP contribution in [0.25, 0.3) is 11.6 Å². The van der Waals surface area contributed by atoms with E-state index in [1.54, 1.807) is 19.3 Å². The Labute approximate surface area is 187 Å². The Morgan fingerprint density at radius 3 is 2.59 bits per heavy atom. The predicted molar refractivity (Wildman–Crippen MR) is 115 cm³/mol. The molecule has 0 radical (unpaired) electrons. The number of alkyl halides is 3. The number of para-hydroxylation sites is 1. The average molecular weight is 465 g/mol. The molecule has 1 unspecified atom stereocenters. The number of hydrogen-bond acceptors (Lipinski definition) is 5. The van der Waals surface area contributed by atoms with Crippen molar-refractivity contribution >= 4 is 23.4 Å². The third kappa shape index (κ3) is 4.85. The zero-order valence-corrected chi connectivity index (χ0v) is 18.2. The van der Waals surface area contributed by atoms with Crippen LogP contribution in [0.1, 0.15) is 50.6 Å². The predicted octanol–water partition coefficient (Wildman–Crippen LogP) is 6.18. The number of amides is 1. The van der Waals surface area contributed by atoms with Gasteiger partial charge in [-0.3, -0.25) is 9.36 Å². The van der Waals surface area contributed by atoms with E-state index in [2.05, 4.69) is 15.5 Å². The summed E-state index contributed by atoms with van der Waals surface area (Å²) in [6.07, 6.45) is 2.31. The van der Waals surface area contributed by atoms with Gasteiger partial charge in [-0.05, 0) is 44.0 Å². The van der Waals surface area contributed by atoms with Crippen LogP contribution >= 0.6 is 11.8 Å². The number of aromatic nitrogens is 3. The van der Waals surface area contributed by atoms with E-state index in [1.807, 2.05) is 10.6 Å². The zero-order valence-electron chi connectivity index (χ0n) is 17.4. The van der Waals surface area contributed by atoms with Crippen molar-refractivity contribution in [1.29, 1.82) is 0 Å².